The fraction of sp³-hybridized carbons (Fsp3) is 0.235. The monoisotopic (exact) mass is 356 g/mol. The van der Waals surface area contributed by atoms with Crippen molar-refractivity contribution in [2.24, 2.45) is 0 Å². The van der Waals surface area contributed by atoms with Crippen molar-refractivity contribution >= 4 is 40.0 Å². The molecule has 1 aliphatic rings. The molecular formula is C17H17ClN6O. The molecule has 25 heavy (non-hydrogen) atoms. The standard InChI is InChI=1S/C17H17ClN6O/c18-13-2-4-16(19-11-13)23-5-7-24(8-6-23)17(25)21-14-3-1-12-10-20-22-15(12)9-14/h1-4,9-11H,5-8H2,(H,20,22)(H,21,25). The molecule has 4 rings (SSSR count). The lowest BCUT2D eigenvalue weighted by Crippen LogP contribution is -2.50. The third kappa shape index (κ3) is 3.36. The number of hydrogen-bond acceptors (Lipinski definition) is 4. The molecule has 8 heteroatoms. The molecular weight excluding hydrogens is 340 g/mol. The number of piperazine rings is 1. The molecule has 2 aromatic heterocycles. The Bertz CT molecular complexity index is 886. The van der Waals surface area contributed by atoms with Gasteiger partial charge in [-0.25, -0.2) is 9.78 Å². The normalized spacial score (nSPS) is 14.8. The first kappa shape index (κ1) is 15.7. The van der Waals surface area contributed by atoms with E-state index >= 15 is 0 Å². The number of rotatable bonds is 2. The Balaban J connectivity index is 1.36. The van der Waals surface area contributed by atoms with Gasteiger partial charge in [0.1, 0.15) is 5.82 Å². The Labute approximate surface area is 149 Å². The maximum atomic E-state index is 12.5. The molecule has 0 aliphatic carbocycles. The number of benzene rings is 1. The minimum Gasteiger partial charge on any atom is -0.353 e. The SMILES string of the molecule is O=C(Nc1ccc2cn[nH]c2c1)N1CCN(c2ccc(Cl)cn2)CC1. The molecule has 0 saturated carbocycles. The molecule has 1 aliphatic heterocycles. The van der Waals surface area contributed by atoms with Gasteiger partial charge in [0.05, 0.1) is 16.7 Å². The minimum absolute atomic E-state index is 0.0948. The van der Waals surface area contributed by atoms with E-state index in [1.54, 1.807) is 12.4 Å². The molecule has 7 nitrogen and oxygen atoms in total. The number of anilines is 2. The molecule has 1 saturated heterocycles. The first-order chi connectivity index (χ1) is 12.2. The number of halogens is 1. The topological polar surface area (TPSA) is 77.2 Å². The molecule has 0 radical (unpaired) electrons. The molecule has 3 aromatic rings. The number of amides is 2. The zero-order chi connectivity index (χ0) is 17.2. The van der Waals surface area contributed by atoms with Gasteiger partial charge in [-0.3, -0.25) is 5.10 Å². The second-order valence-electron chi connectivity index (χ2n) is 5.91. The van der Waals surface area contributed by atoms with Crippen molar-refractivity contribution < 1.29 is 4.79 Å². The summed E-state index contributed by atoms with van der Waals surface area (Å²) in [5.41, 5.74) is 1.65. The third-order valence-corrected chi connectivity index (χ3v) is 4.52. The summed E-state index contributed by atoms with van der Waals surface area (Å²) in [5, 5.41) is 11.5. The van der Waals surface area contributed by atoms with Crippen LogP contribution in [0.2, 0.25) is 5.02 Å². The van der Waals surface area contributed by atoms with Crippen LogP contribution in [0.3, 0.4) is 0 Å². The predicted molar refractivity (Wildman–Crippen MR) is 98.1 cm³/mol. The van der Waals surface area contributed by atoms with Crippen LogP contribution in [0.15, 0.2) is 42.7 Å². The quantitative estimate of drug-likeness (QED) is 0.740. The second-order valence-corrected chi connectivity index (χ2v) is 6.35. The first-order valence-corrected chi connectivity index (χ1v) is 8.42. The van der Waals surface area contributed by atoms with E-state index in [4.69, 9.17) is 11.6 Å². The maximum absolute atomic E-state index is 12.5. The van der Waals surface area contributed by atoms with Crippen molar-refractivity contribution in [3.05, 3.63) is 47.7 Å². The summed E-state index contributed by atoms with van der Waals surface area (Å²) < 4.78 is 0. The second kappa shape index (κ2) is 6.60. The Hall–Kier alpha value is -2.80. The van der Waals surface area contributed by atoms with Crippen molar-refractivity contribution in [1.29, 1.82) is 0 Å². The van der Waals surface area contributed by atoms with Gasteiger partial charge in [-0.2, -0.15) is 5.10 Å². The number of urea groups is 1. The van der Waals surface area contributed by atoms with E-state index in [0.29, 0.717) is 18.1 Å². The van der Waals surface area contributed by atoms with Crippen LogP contribution < -0.4 is 10.2 Å². The van der Waals surface area contributed by atoms with Crippen molar-refractivity contribution in [2.75, 3.05) is 36.4 Å². The highest BCUT2D eigenvalue weighted by atomic mass is 35.5. The summed E-state index contributed by atoms with van der Waals surface area (Å²) in [5.74, 6) is 0.883. The molecule has 0 bridgehead atoms. The number of hydrogen-bond donors (Lipinski definition) is 2. The van der Waals surface area contributed by atoms with Crippen LogP contribution in [-0.2, 0) is 0 Å². The van der Waals surface area contributed by atoms with Crippen molar-refractivity contribution in [3.63, 3.8) is 0 Å². The number of H-pyrrole nitrogens is 1. The van der Waals surface area contributed by atoms with Crippen LogP contribution in [0, 0.1) is 0 Å². The summed E-state index contributed by atoms with van der Waals surface area (Å²) in [6.45, 7) is 2.76. The van der Waals surface area contributed by atoms with Crippen molar-refractivity contribution in [2.45, 2.75) is 0 Å². The fourth-order valence-electron chi connectivity index (χ4n) is 2.91. The highest BCUT2D eigenvalue weighted by molar-refractivity contribution is 6.30. The highest BCUT2D eigenvalue weighted by Gasteiger charge is 2.22. The van der Waals surface area contributed by atoms with Crippen LogP contribution in [0.4, 0.5) is 16.3 Å². The highest BCUT2D eigenvalue weighted by Crippen LogP contribution is 2.19. The lowest BCUT2D eigenvalue weighted by atomic mass is 10.2. The summed E-state index contributed by atoms with van der Waals surface area (Å²) in [4.78, 5) is 20.8. The zero-order valence-corrected chi connectivity index (χ0v) is 14.2. The van der Waals surface area contributed by atoms with Gasteiger partial charge >= 0.3 is 6.03 Å². The number of fused-ring (bicyclic) bond motifs is 1. The maximum Gasteiger partial charge on any atom is 0.321 e. The van der Waals surface area contributed by atoms with E-state index < -0.39 is 0 Å². The van der Waals surface area contributed by atoms with Gasteiger partial charge in [-0.15, -0.1) is 0 Å². The average molecular weight is 357 g/mol. The molecule has 3 heterocycles. The Morgan fingerprint density at radius 2 is 1.96 bits per heavy atom. The molecule has 2 N–H and O–H groups in total. The van der Waals surface area contributed by atoms with E-state index in [-0.39, 0.29) is 6.03 Å². The molecule has 0 atom stereocenters. The lowest BCUT2D eigenvalue weighted by molar-refractivity contribution is 0.208. The molecule has 1 fully saturated rings. The smallest absolute Gasteiger partial charge is 0.321 e. The van der Waals surface area contributed by atoms with E-state index in [9.17, 15) is 4.79 Å². The summed E-state index contributed by atoms with van der Waals surface area (Å²) in [6.07, 6.45) is 3.40. The number of pyridine rings is 1. The van der Waals surface area contributed by atoms with Crippen LogP contribution >= 0.6 is 11.6 Å². The minimum atomic E-state index is -0.0948. The molecule has 0 unspecified atom stereocenters. The fourth-order valence-corrected chi connectivity index (χ4v) is 3.02. The van der Waals surface area contributed by atoms with Crippen molar-refractivity contribution in [3.8, 4) is 0 Å². The van der Waals surface area contributed by atoms with Gasteiger partial charge in [0, 0.05) is 43.4 Å². The summed E-state index contributed by atoms with van der Waals surface area (Å²) in [7, 11) is 0. The Morgan fingerprint density at radius 3 is 2.72 bits per heavy atom. The van der Waals surface area contributed by atoms with Crippen molar-refractivity contribution in [1.82, 2.24) is 20.1 Å². The molecule has 2 amide bonds. The van der Waals surface area contributed by atoms with E-state index in [2.05, 4.69) is 25.4 Å². The summed E-state index contributed by atoms with van der Waals surface area (Å²) in [6, 6.07) is 9.32. The van der Waals surface area contributed by atoms with Gasteiger partial charge < -0.3 is 15.1 Å². The van der Waals surface area contributed by atoms with Gasteiger partial charge in [0.2, 0.25) is 0 Å². The van der Waals surface area contributed by atoms with Gasteiger partial charge in [-0.1, -0.05) is 11.6 Å². The summed E-state index contributed by atoms with van der Waals surface area (Å²) >= 11 is 5.87. The van der Waals surface area contributed by atoms with Crippen LogP contribution in [0.5, 0.6) is 0 Å². The van der Waals surface area contributed by atoms with Crippen LogP contribution in [-0.4, -0.2) is 52.3 Å². The predicted octanol–water partition coefficient (Wildman–Crippen LogP) is 2.97. The average Bonchev–Trinajstić information content (AvgIpc) is 3.10. The van der Waals surface area contributed by atoms with Crippen LogP contribution in [0.25, 0.3) is 10.9 Å². The first-order valence-electron chi connectivity index (χ1n) is 8.04. The van der Waals surface area contributed by atoms with Gasteiger partial charge in [0.15, 0.2) is 0 Å². The Morgan fingerprint density at radius 1 is 1.12 bits per heavy atom. The van der Waals surface area contributed by atoms with E-state index in [1.807, 2.05) is 35.2 Å². The van der Waals surface area contributed by atoms with Gasteiger partial charge in [-0.05, 0) is 30.3 Å². The zero-order valence-electron chi connectivity index (χ0n) is 13.4. The van der Waals surface area contributed by atoms with Gasteiger partial charge in [0.25, 0.3) is 0 Å². The molecule has 1 aromatic carbocycles. The number of carbonyl (C=O) groups is 1. The van der Waals surface area contributed by atoms with E-state index in [1.165, 1.54) is 0 Å². The number of nitrogens with one attached hydrogen (secondary N) is 2. The number of aromatic nitrogens is 3. The lowest BCUT2D eigenvalue weighted by Gasteiger charge is -2.35. The number of aromatic amines is 1. The number of carbonyl (C=O) groups excluding carboxylic acids is 1. The molecule has 128 valence electrons. The molecule has 0 spiro atoms. The van der Waals surface area contributed by atoms with Crippen LogP contribution in [0.1, 0.15) is 0 Å². The third-order valence-electron chi connectivity index (χ3n) is 4.30. The Kier molecular flexibility index (Phi) is 4.15. The largest absolute Gasteiger partial charge is 0.353 e. The number of nitrogens with zero attached hydrogens (tertiary/aromatic N) is 4. The van der Waals surface area contributed by atoms with E-state index in [0.717, 1.165) is 35.5 Å².